The van der Waals surface area contributed by atoms with Crippen molar-refractivity contribution in [2.75, 3.05) is 45.9 Å². The molecule has 1 fully saturated rings. The van der Waals surface area contributed by atoms with Crippen molar-refractivity contribution in [1.29, 1.82) is 0 Å². The fourth-order valence-electron chi connectivity index (χ4n) is 2.65. The van der Waals surface area contributed by atoms with Gasteiger partial charge in [-0.05, 0) is 25.5 Å². The maximum atomic E-state index is 12.4. The molecule has 2 rings (SSSR count). The highest BCUT2D eigenvalue weighted by Gasteiger charge is 2.21. The summed E-state index contributed by atoms with van der Waals surface area (Å²) < 4.78 is 5.51. The molecule has 0 aromatic heterocycles. The molecule has 0 spiro atoms. The Kier molecular flexibility index (Phi) is 7.81. The molecule has 0 aliphatic carbocycles. The van der Waals surface area contributed by atoms with Crippen LogP contribution in [0.3, 0.4) is 0 Å². The van der Waals surface area contributed by atoms with Crippen LogP contribution in [0.2, 0.25) is 10.0 Å². The summed E-state index contributed by atoms with van der Waals surface area (Å²) >= 11 is 11.9. The van der Waals surface area contributed by atoms with Crippen LogP contribution >= 0.6 is 23.2 Å². The first-order valence-corrected chi connectivity index (χ1v) is 9.10. The Balaban J connectivity index is 1.82. The lowest BCUT2D eigenvalue weighted by Gasteiger charge is -2.22. The fourth-order valence-corrected chi connectivity index (χ4v) is 2.99. The van der Waals surface area contributed by atoms with E-state index in [1.165, 1.54) is 0 Å². The first kappa shape index (κ1) is 19.8. The van der Waals surface area contributed by atoms with Crippen LogP contribution in [0.15, 0.2) is 18.2 Å². The van der Waals surface area contributed by atoms with Crippen molar-refractivity contribution in [1.82, 2.24) is 15.1 Å². The van der Waals surface area contributed by atoms with Crippen molar-refractivity contribution in [2.45, 2.75) is 13.3 Å². The number of hydrogen-bond donors (Lipinski definition) is 1. The molecule has 138 valence electrons. The topological polar surface area (TPSA) is 61.9 Å². The van der Waals surface area contributed by atoms with E-state index >= 15 is 0 Å². The predicted octanol–water partition coefficient (Wildman–Crippen LogP) is 2.04. The van der Waals surface area contributed by atoms with Gasteiger partial charge in [-0.15, -0.1) is 0 Å². The van der Waals surface area contributed by atoms with Crippen LogP contribution in [0, 0.1) is 0 Å². The zero-order valence-corrected chi connectivity index (χ0v) is 15.8. The van der Waals surface area contributed by atoms with E-state index in [4.69, 9.17) is 27.9 Å². The normalized spacial score (nSPS) is 15.6. The van der Waals surface area contributed by atoms with E-state index in [1.54, 1.807) is 23.1 Å². The van der Waals surface area contributed by atoms with Gasteiger partial charge in [-0.25, -0.2) is 0 Å². The summed E-state index contributed by atoms with van der Waals surface area (Å²) in [5, 5.41) is 3.71. The van der Waals surface area contributed by atoms with Crippen molar-refractivity contribution in [3.63, 3.8) is 0 Å². The number of carbonyl (C=O) groups excluding carboxylic acids is 2. The van der Waals surface area contributed by atoms with E-state index in [-0.39, 0.29) is 18.4 Å². The number of rotatable bonds is 6. The van der Waals surface area contributed by atoms with Gasteiger partial charge in [0.1, 0.15) is 5.75 Å². The molecule has 1 heterocycles. The van der Waals surface area contributed by atoms with Gasteiger partial charge in [0.2, 0.25) is 5.91 Å². The Hall–Kier alpha value is -1.50. The van der Waals surface area contributed by atoms with Gasteiger partial charge in [-0.2, -0.15) is 0 Å². The Morgan fingerprint density at radius 1 is 1.20 bits per heavy atom. The molecule has 0 unspecified atom stereocenters. The van der Waals surface area contributed by atoms with E-state index < -0.39 is 0 Å². The lowest BCUT2D eigenvalue weighted by Crippen LogP contribution is -2.40. The average Bonchev–Trinajstić information content (AvgIpc) is 2.81. The maximum absolute atomic E-state index is 12.4. The lowest BCUT2D eigenvalue weighted by atomic mass is 10.3. The summed E-state index contributed by atoms with van der Waals surface area (Å²) in [6.45, 7) is 5.49. The smallest absolute Gasteiger partial charge is 0.260 e. The third-order valence-electron chi connectivity index (χ3n) is 3.93. The summed E-state index contributed by atoms with van der Waals surface area (Å²) in [7, 11) is 0. The van der Waals surface area contributed by atoms with Gasteiger partial charge in [-0.3, -0.25) is 14.5 Å². The van der Waals surface area contributed by atoms with E-state index in [0.717, 1.165) is 13.0 Å². The number of nitrogens with zero attached hydrogens (tertiary/aromatic N) is 2. The summed E-state index contributed by atoms with van der Waals surface area (Å²) in [5.41, 5.74) is 0. The molecule has 1 N–H and O–H groups in total. The molecule has 1 aliphatic rings. The second-order valence-corrected chi connectivity index (χ2v) is 6.67. The highest BCUT2D eigenvalue weighted by molar-refractivity contribution is 6.34. The van der Waals surface area contributed by atoms with Crippen LogP contribution in [0.1, 0.15) is 13.3 Å². The van der Waals surface area contributed by atoms with E-state index in [1.807, 2.05) is 6.92 Å². The maximum Gasteiger partial charge on any atom is 0.260 e. The molecule has 0 saturated carbocycles. The number of carbonyl (C=O) groups is 2. The van der Waals surface area contributed by atoms with Gasteiger partial charge < -0.3 is 15.0 Å². The first-order chi connectivity index (χ1) is 12.0. The highest BCUT2D eigenvalue weighted by Crippen LogP contribution is 2.27. The standard InChI is InChI=1S/C17H23Cl2N3O3/c1-2-20-16(23)11-21-6-3-7-22(9-8-21)17(24)12-25-15-10-13(18)4-5-14(15)19/h4-5,10H,2-3,6-9,11-12H2,1H3,(H,20,23). The molecule has 0 atom stereocenters. The van der Waals surface area contributed by atoms with Crippen LogP contribution in [-0.2, 0) is 9.59 Å². The molecular formula is C17H23Cl2N3O3. The molecular weight excluding hydrogens is 365 g/mol. The van der Waals surface area contributed by atoms with Crippen LogP contribution in [-0.4, -0.2) is 67.5 Å². The summed E-state index contributed by atoms with van der Waals surface area (Å²) in [6.07, 6.45) is 0.822. The first-order valence-electron chi connectivity index (χ1n) is 8.34. The Morgan fingerprint density at radius 2 is 2.00 bits per heavy atom. The summed E-state index contributed by atoms with van der Waals surface area (Å²) in [4.78, 5) is 27.9. The second-order valence-electron chi connectivity index (χ2n) is 5.83. The number of nitrogens with one attached hydrogen (secondary N) is 1. The Labute approximate surface area is 158 Å². The largest absolute Gasteiger partial charge is 0.482 e. The molecule has 0 radical (unpaired) electrons. The average molecular weight is 388 g/mol. The van der Waals surface area contributed by atoms with Crippen LogP contribution < -0.4 is 10.1 Å². The van der Waals surface area contributed by atoms with E-state index in [9.17, 15) is 9.59 Å². The fraction of sp³-hybridized carbons (Fsp3) is 0.529. The molecule has 2 amide bonds. The predicted molar refractivity (Wildman–Crippen MR) is 98.3 cm³/mol. The summed E-state index contributed by atoms with van der Waals surface area (Å²) in [5.74, 6) is 0.312. The molecule has 6 nitrogen and oxygen atoms in total. The number of likely N-dealkylation sites (N-methyl/N-ethyl adjacent to an activating group) is 1. The third-order valence-corrected chi connectivity index (χ3v) is 4.47. The van der Waals surface area contributed by atoms with Gasteiger partial charge >= 0.3 is 0 Å². The van der Waals surface area contributed by atoms with Gasteiger partial charge in [0, 0.05) is 43.8 Å². The van der Waals surface area contributed by atoms with Gasteiger partial charge in [0.05, 0.1) is 11.6 Å². The number of hydrogen-bond acceptors (Lipinski definition) is 4. The van der Waals surface area contributed by atoms with Crippen molar-refractivity contribution in [2.24, 2.45) is 0 Å². The summed E-state index contributed by atoms with van der Waals surface area (Å²) in [6, 6.07) is 4.89. The SMILES string of the molecule is CCNC(=O)CN1CCCN(C(=O)COc2cc(Cl)ccc2Cl)CC1. The third kappa shape index (κ3) is 6.38. The highest BCUT2D eigenvalue weighted by atomic mass is 35.5. The molecule has 1 aromatic rings. The monoisotopic (exact) mass is 387 g/mol. The zero-order valence-electron chi connectivity index (χ0n) is 14.3. The lowest BCUT2D eigenvalue weighted by molar-refractivity contribution is -0.133. The number of ether oxygens (including phenoxy) is 1. The minimum Gasteiger partial charge on any atom is -0.482 e. The minimum absolute atomic E-state index is 0.0150. The van der Waals surface area contributed by atoms with Crippen molar-refractivity contribution >= 4 is 35.0 Å². The molecule has 1 aliphatic heterocycles. The van der Waals surface area contributed by atoms with Crippen molar-refractivity contribution < 1.29 is 14.3 Å². The van der Waals surface area contributed by atoms with Crippen LogP contribution in [0.4, 0.5) is 0 Å². The molecule has 8 heteroatoms. The number of amides is 2. The van der Waals surface area contributed by atoms with Gasteiger partial charge in [0.25, 0.3) is 5.91 Å². The zero-order chi connectivity index (χ0) is 18.2. The van der Waals surface area contributed by atoms with E-state index in [0.29, 0.717) is 48.5 Å². The van der Waals surface area contributed by atoms with Crippen molar-refractivity contribution in [3.05, 3.63) is 28.2 Å². The van der Waals surface area contributed by atoms with E-state index in [2.05, 4.69) is 10.2 Å². The Bertz CT molecular complexity index is 613. The number of halogens is 2. The quantitative estimate of drug-likeness (QED) is 0.811. The van der Waals surface area contributed by atoms with Crippen LogP contribution in [0.25, 0.3) is 0 Å². The number of benzene rings is 1. The molecule has 1 saturated heterocycles. The Morgan fingerprint density at radius 3 is 2.76 bits per heavy atom. The molecule has 1 aromatic carbocycles. The molecule has 25 heavy (non-hydrogen) atoms. The minimum atomic E-state index is -0.101. The second kappa shape index (κ2) is 9.85. The van der Waals surface area contributed by atoms with Gasteiger partial charge in [-0.1, -0.05) is 23.2 Å². The van der Waals surface area contributed by atoms with Gasteiger partial charge in [0.15, 0.2) is 6.61 Å². The molecule has 0 bridgehead atoms. The van der Waals surface area contributed by atoms with Crippen molar-refractivity contribution in [3.8, 4) is 5.75 Å². The van der Waals surface area contributed by atoms with Crippen LogP contribution in [0.5, 0.6) is 5.75 Å².